The Morgan fingerprint density at radius 1 is 1.37 bits per heavy atom. The average molecular weight is 263 g/mol. The molecule has 1 fully saturated rings. The summed E-state index contributed by atoms with van der Waals surface area (Å²) in [6.07, 6.45) is 3.07. The largest absolute Gasteiger partial charge is 0.508 e. The van der Waals surface area contributed by atoms with Crippen molar-refractivity contribution in [3.63, 3.8) is 0 Å². The minimum Gasteiger partial charge on any atom is -0.508 e. The summed E-state index contributed by atoms with van der Waals surface area (Å²) in [6.45, 7) is 3.92. The molecule has 0 spiro atoms. The average Bonchev–Trinajstić information content (AvgIpc) is 2.42. The third-order valence-electron chi connectivity index (χ3n) is 3.49. The van der Waals surface area contributed by atoms with Crippen LogP contribution in [-0.2, 0) is 16.1 Å². The van der Waals surface area contributed by atoms with Gasteiger partial charge in [-0.3, -0.25) is 9.69 Å². The number of aromatic hydroxyl groups is 1. The van der Waals surface area contributed by atoms with Crippen molar-refractivity contribution in [2.45, 2.75) is 38.8 Å². The quantitative estimate of drug-likeness (QED) is 0.847. The zero-order valence-electron chi connectivity index (χ0n) is 11.3. The first kappa shape index (κ1) is 13.9. The zero-order valence-corrected chi connectivity index (χ0v) is 11.3. The van der Waals surface area contributed by atoms with Gasteiger partial charge in [0.15, 0.2) is 0 Å². The molecular formula is C15H21NO3. The molecule has 0 saturated carbocycles. The lowest BCUT2D eigenvalue weighted by molar-refractivity contribution is -0.151. The van der Waals surface area contributed by atoms with Gasteiger partial charge in [0, 0.05) is 6.54 Å². The summed E-state index contributed by atoms with van der Waals surface area (Å²) >= 11 is 0. The molecule has 1 aromatic carbocycles. The Bertz CT molecular complexity index is 416. The molecule has 4 heteroatoms. The van der Waals surface area contributed by atoms with Crippen LogP contribution in [0.25, 0.3) is 0 Å². The number of phenolic OH excluding ortho intramolecular Hbond substituents is 1. The number of carbonyl (C=O) groups is 1. The van der Waals surface area contributed by atoms with Gasteiger partial charge in [-0.2, -0.15) is 0 Å². The van der Waals surface area contributed by atoms with Crippen LogP contribution in [0.1, 0.15) is 31.7 Å². The van der Waals surface area contributed by atoms with Gasteiger partial charge in [-0.15, -0.1) is 0 Å². The van der Waals surface area contributed by atoms with E-state index in [1.807, 2.05) is 19.1 Å². The fraction of sp³-hybridized carbons (Fsp3) is 0.533. The summed E-state index contributed by atoms with van der Waals surface area (Å²) in [5.41, 5.74) is 1.11. The third-order valence-corrected chi connectivity index (χ3v) is 3.49. The van der Waals surface area contributed by atoms with Crippen LogP contribution in [-0.4, -0.2) is 35.2 Å². The number of ether oxygens (including phenoxy) is 1. The first-order chi connectivity index (χ1) is 9.20. The van der Waals surface area contributed by atoms with Crippen molar-refractivity contribution in [1.29, 1.82) is 0 Å². The molecule has 0 aromatic heterocycles. The van der Waals surface area contributed by atoms with Crippen molar-refractivity contribution in [2.24, 2.45) is 0 Å². The second-order valence-electron chi connectivity index (χ2n) is 4.90. The van der Waals surface area contributed by atoms with Crippen LogP contribution in [0.2, 0.25) is 0 Å². The number of hydrogen-bond donors (Lipinski definition) is 1. The van der Waals surface area contributed by atoms with E-state index in [0.29, 0.717) is 6.61 Å². The topological polar surface area (TPSA) is 49.8 Å². The predicted molar refractivity (Wildman–Crippen MR) is 72.8 cm³/mol. The van der Waals surface area contributed by atoms with E-state index in [4.69, 9.17) is 4.74 Å². The van der Waals surface area contributed by atoms with E-state index in [1.54, 1.807) is 12.1 Å². The number of esters is 1. The van der Waals surface area contributed by atoms with E-state index in [0.717, 1.165) is 37.9 Å². The minimum atomic E-state index is -0.123. The first-order valence-electron chi connectivity index (χ1n) is 6.89. The molecule has 104 valence electrons. The molecule has 19 heavy (non-hydrogen) atoms. The van der Waals surface area contributed by atoms with E-state index < -0.39 is 0 Å². The number of benzene rings is 1. The molecule has 0 amide bonds. The summed E-state index contributed by atoms with van der Waals surface area (Å²) in [4.78, 5) is 14.1. The highest BCUT2D eigenvalue weighted by molar-refractivity contribution is 5.75. The Kier molecular flexibility index (Phi) is 4.80. The van der Waals surface area contributed by atoms with Crippen LogP contribution in [0.5, 0.6) is 5.75 Å². The van der Waals surface area contributed by atoms with Gasteiger partial charge in [0.1, 0.15) is 11.8 Å². The van der Waals surface area contributed by atoms with E-state index >= 15 is 0 Å². The number of nitrogens with zero attached hydrogens (tertiary/aromatic N) is 1. The van der Waals surface area contributed by atoms with Crippen LogP contribution in [0, 0.1) is 0 Å². The highest BCUT2D eigenvalue weighted by Crippen LogP contribution is 2.21. The molecule has 2 rings (SSSR count). The molecule has 0 unspecified atom stereocenters. The van der Waals surface area contributed by atoms with Gasteiger partial charge in [0.05, 0.1) is 6.61 Å². The molecule has 1 N–H and O–H groups in total. The number of likely N-dealkylation sites (tertiary alicyclic amines) is 1. The van der Waals surface area contributed by atoms with Crippen LogP contribution in [0.3, 0.4) is 0 Å². The molecule has 0 radical (unpaired) electrons. The highest BCUT2D eigenvalue weighted by atomic mass is 16.5. The number of phenols is 1. The van der Waals surface area contributed by atoms with Crippen LogP contribution in [0.15, 0.2) is 24.3 Å². The van der Waals surface area contributed by atoms with Crippen LogP contribution < -0.4 is 0 Å². The molecule has 1 atom stereocenters. The number of piperidine rings is 1. The van der Waals surface area contributed by atoms with Gasteiger partial charge in [-0.25, -0.2) is 0 Å². The fourth-order valence-corrected chi connectivity index (χ4v) is 2.52. The van der Waals surface area contributed by atoms with Gasteiger partial charge in [-0.05, 0) is 44.0 Å². The van der Waals surface area contributed by atoms with E-state index in [-0.39, 0.29) is 17.8 Å². The molecule has 1 heterocycles. The summed E-state index contributed by atoms with van der Waals surface area (Å²) in [5.74, 6) is 0.158. The lowest BCUT2D eigenvalue weighted by Gasteiger charge is -2.33. The Morgan fingerprint density at radius 2 is 2.11 bits per heavy atom. The zero-order chi connectivity index (χ0) is 13.7. The Hall–Kier alpha value is -1.55. The SMILES string of the molecule is CCOC(=O)[C@H]1CCCCN1Cc1ccc(O)cc1. The van der Waals surface area contributed by atoms with Crippen molar-refractivity contribution in [3.05, 3.63) is 29.8 Å². The number of hydrogen-bond acceptors (Lipinski definition) is 4. The number of rotatable bonds is 4. The van der Waals surface area contributed by atoms with E-state index in [9.17, 15) is 9.90 Å². The minimum absolute atomic E-state index is 0.110. The Balaban J connectivity index is 2.03. The summed E-state index contributed by atoms with van der Waals surface area (Å²) < 4.78 is 5.15. The maximum absolute atomic E-state index is 11.9. The summed E-state index contributed by atoms with van der Waals surface area (Å²) in [6, 6.07) is 7.03. The van der Waals surface area contributed by atoms with Crippen molar-refractivity contribution in [1.82, 2.24) is 4.90 Å². The van der Waals surface area contributed by atoms with E-state index in [1.165, 1.54) is 0 Å². The third kappa shape index (κ3) is 3.70. The fourth-order valence-electron chi connectivity index (χ4n) is 2.52. The van der Waals surface area contributed by atoms with Gasteiger partial charge >= 0.3 is 5.97 Å². The summed E-state index contributed by atoms with van der Waals surface area (Å²) in [5, 5.41) is 9.28. The second-order valence-corrected chi connectivity index (χ2v) is 4.90. The molecule has 1 aliphatic rings. The standard InChI is InChI=1S/C15H21NO3/c1-2-19-15(18)14-5-3-4-10-16(14)11-12-6-8-13(17)9-7-12/h6-9,14,17H,2-5,10-11H2,1H3/t14-/m1/s1. The van der Waals surface area contributed by atoms with Gasteiger partial charge < -0.3 is 9.84 Å². The smallest absolute Gasteiger partial charge is 0.323 e. The molecule has 0 aliphatic carbocycles. The normalized spacial score (nSPS) is 20.2. The Labute approximate surface area is 114 Å². The van der Waals surface area contributed by atoms with Gasteiger partial charge in [-0.1, -0.05) is 18.6 Å². The second kappa shape index (κ2) is 6.57. The molecule has 1 aromatic rings. The number of carbonyl (C=O) groups excluding carboxylic acids is 1. The van der Waals surface area contributed by atoms with Crippen molar-refractivity contribution < 1.29 is 14.6 Å². The molecular weight excluding hydrogens is 242 g/mol. The lowest BCUT2D eigenvalue weighted by Crippen LogP contribution is -2.44. The van der Waals surface area contributed by atoms with Gasteiger partial charge in [0.2, 0.25) is 0 Å². The lowest BCUT2D eigenvalue weighted by atomic mass is 10.0. The van der Waals surface area contributed by atoms with Crippen molar-refractivity contribution >= 4 is 5.97 Å². The maximum Gasteiger partial charge on any atom is 0.323 e. The van der Waals surface area contributed by atoms with Crippen LogP contribution in [0.4, 0.5) is 0 Å². The van der Waals surface area contributed by atoms with Crippen molar-refractivity contribution in [3.8, 4) is 5.75 Å². The predicted octanol–water partition coefficient (Wildman–Crippen LogP) is 2.31. The highest BCUT2D eigenvalue weighted by Gasteiger charge is 2.29. The molecule has 1 saturated heterocycles. The maximum atomic E-state index is 11.9. The van der Waals surface area contributed by atoms with Crippen molar-refractivity contribution in [2.75, 3.05) is 13.2 Å². The van der Waals surface area contributed by atoms with E-state index in [2.05, 4.69) is 4.90 Å². The van der Waals surface area contributed by atoms with Crippen LogP contribution >= 0.6 is 0 Å². The Morgan fingerprint density at radius 3 is 2.79 bits per heavy atom. The molecule has 0 bridgehead atoms. The monoisotopic (exact) mass is 263 g/mol. The van der Waals surface area contributed by atoms with Gasteiger partial charge in [0.25, 0.3) is 0 Å². The molecule has 1 aliphatic heterocycles. The first-order valence-corrected chi connectivity index (χ1v) is 6.89. The molecule has 4 nitrogen and oxygen atoms in total. The summed E-state index contributed by atoms with van der Waals surface area (Å²) in [7, 11) is 0.